The highest BCUT2D eigenvalue weighted by molar-refractivity contribution is 6.05. The van der Waals surface area contributed by atoms with E-state index in [2.05, 4.69) is 0 Å². The first kappa shape index (κ1) is 16.8. The molecule has 128 valence electrons. The Hall–Kier alpha value is -3.01. The average molecular weight is 335 g/mol. The third-order valence-corrected chi connectivity index (χ3v) is 3.91. The Labute approximate surface area is 148 Å². The maximum Gasteiger partial charge on any atom is 0.343 e. The predicted octanol–water partition coefficient (Wildman–Crippen LogP) is 4.13. The van der Waals surface area contributed by atoms with E-state index in [9.17, 15) is 4.79 Å². The molecule has 4 nitrogen and oxygen atoms in total. The Morgan fingerprint density at radius 3 is 2.32 bits per heavy atom. The SMILES string of the molecule is CCOc1ccc(C2=CC(=Cc3ccc(N(C)C)cc3)C(=O)O2)cc1. The highest BCUT2D eigenvalue weighted by atomic mass is 16.5. The van der Waals surface area contributed by atoms with Crippen LogP contribution < -0.4 is 9.64 Å². The largest absolute Gasteiger partial charge is 0.494 e. The molecule has 0 aliphatic carbocycles. The minimum Gasteiger partial charge on any atom is -0.494 e. The van der Waals surface area contributed by atoms with Gasteiger partial charge in [0.1, 0.15) is 11.5 Å². The Balaban J connectivity index is 1.81. The maximum atomic E-state index is 12.1. The molecule has 0 radical (unpaired) electrons. The molecule has 0 amide bonds. The Morgan fingerprint density at radius 1 is 1.04 bits per heavy atom. The van der Waals surface area contributed by atoms with E-state index < -0.39 is 0 Å². The van der Waals surface area contributed by atoms with Crippen molar-refractivity contribution in [2.75, 3.05) is 25.6 Å². The minimum absolute atomic E-state index is 0.333. The first-order chi connectivity index (χ1) is 12.1. The molecule has 1 aliphatic rings. The van der Waals surface area contributed by atoms with Gasteiger partial charge in [0, 0.05) is 25.3 Å². The second-order valence-corrected chi connectivity index (χ2v) is 5.94. The number of hydrogen-bond donors (Lipinski definition) is 0. The molecule has 0 saturated heterocycles. The lowest BCUT2D eigenvalue weighted by Gasteiger charge is -2.11. The molecule has 3 rings (SSSR count). The van der Waals surface area contributed by atoms with Gasteiger partial charge < -0.3 is 14.4 Å². The van der Waals surface area contributed by atoms with Crippen molar-refractivity contribution < 1.29 is 14.3 Å². The molecule has 0 bridgehead atoms. The number of rotatable bonds is 5. The summed E-state index contributed by atoms with van der Waals surface area (Å²) in [4.78, 5) is 14.2. The van der Waals surface area contributed by atoms with Crippen molar-refractivity contribution in [1.29, 1.82) is 0 Å². The van der Waals surface area contributed by atoms with Crippen molar-refractivity contribution in [2.24, 2.45) is 0 Å². The quantitative estimate of drug-likeness (QED) is 0.608. The molecule has 0 unspecified atom stereocenters. The van der Waals surface area contributed by atoms with Crippen molar-refractivity contribution in [3.63, 3.8) is 0 Å². The van der Waals surface area contributed by atoms with Gasteiger partial charge in [-0.15, -0.1) is 0 Å². The zero-order chi connectivity index (χ0) is 17.8. The second kappa shape index (κ2) is 7.26. The molecule has 4 heteroatoms. The third kappa shape index (κ3) is 3.91. The lowest BCUT2D eigenvalue weighted by atomic mass is 10.1. The van der Waals surface area contributed by atoms with Gasteiger partial charge in [-0.25, -0.2) is 4.79 Å². The lowest BCUT2D eigenvalue weighted by molar-refractivity contribution is -0.130. The van der Waals surface area contributed by atoms with Crippen LogP contribution in [-0.4, -0.2) is 26.7 Å². The van der Waals surface area contributed by atoms with Crippen LogP contribution in [0.2, 0.25) is 0 Å². The van der Waals surface area contributed by atoms with Crippen LogP contribution in [0.5, 0.6) is 5.75 Å². The van der Waals surface area contributed by atoms with Crippen LogP contribution in [0.4, 0.5) is 5.69 Å². The van der Waals surface area contributed by atoms with Crippen LogP contribution in [0.15, 0.2) is 60.2 Å². The molecule has 0 fully saturated rings. The summed E-state index contributed by atoms with van der Waals surface area (Å²) in [6.45, 7) is 2.56. The smallest absolute Gasteiger partial charge is 0.343 e. The first-order valence-corrected chi connectivity index (χ1v) is 8.23. The zero-order valence-corrected chi connectivity index (χ0v) is 14.7. The number of anilines is 1. The molecule has 0 aromatic heterocycles. The average Bonchev–Trinajstić information content (AvgIpc) is 2.97. The second-order valence-electron chi connectivity index (χ2n) is 5.94. The maximum absolute atomic E-state index is 12.1. The van der Waals surface area contributed by atoms with E-state index in [1.54, 1.807) is 6.08 Å². The number of carbonyl (C=O) groups excluding carboxylic acids is 1. The number of esters is 1. The van der Waals surface area contributed by atoms with E-state index in [1.165, 1.54) is 0 Å². The van der Waals surface area contributed by atoms with Gasteiger partial charge in [-0.3, -0.25) is 0 Å². The fourth-order valence-corrected chi connectivity index (χ4v) is 2.56. The summed E-state index contributed by atoms with van der Waals surface area (Å²) in [5.74, 6) is 1.03. The molecular weight excluding hydrogens is 314 g/mol. The van der Waals surface area contributed by atoms with Gasteiger partial charge in [0.05, 0.1) is 12.2 Å². The lowest BCUT2D eigenvalue weighted by Crippen LogP contribution is -2.07. The number of carbonyl (C=O) groups is 1. The monoisotopic (exact) mass is 335 g/mol. The summed E-state index contributed by atoms with van der Waals surface area (Å²) in [5.41, 5.74) is 3.47. The normalized spacial score (nSPS) is 15.1. The highest BCUT2D eigenvalue weighted by Crippen LogP contribution is 2.28. The van der Waals surface area contributed by atoms with Crippen LogP contribution in [0, 0.1) is 0 Å². The summed E-state index contributed by atoms with van der Waals surface area (Å²) >= 11 is 0. The number of benzene rings is 2. The first-order valence-electron chi connectivity index (χ1n) is 8.23. The van der Waals surface area contributed by atoms with Crippen molar-refractivity contribution in [1.82, 2.24) is 0 Å². The fraction of sp³-hybridized carbons (Fsp3) is 0.190. The topological polar surface area (TPSA) is 38.8 Å². The molecule has 2 aromatic rings. The van der Waals surface area contributed by atoms with Gasteiger partial charge in [-0.2, -0.15) is 0 Å². The molecule has 1 aliphatic heterocycles. The molecule has 2 aromatic carbocycles. The Morgan fingerprint density at radius 2 is 1.72 bits per heavy atom. The van der Waals surface area contributed by atoms with E-state index in [4.69, 9.17) is 9.47 Å². The van der Waals surface area contributed by atoms with E-state index in [-0.39, 0.29) is 5.97 Å². The van der Waals surface area contributed by atoms with Gasteiger partial charge in [0.25, 0.3) is 0 Å². The van der Waals surface area contributed by atoms with Gasteiger partial charge in [0.2, 0.25) is 0 Å². The summed E-state index contributed by atoms with van der Waals surface area (Å²) in [6, 6.07) is 15.5. The zero-order valence-electron chi connectivity index (χ0n) is 14.7. The van der Waals surface area contributed by atoms with Crippen LogP contribution in [-0.2, 0) is 9.53 Å². The van der Waals surface area contributed by atoms with E-state index >= 15 is 0 Å². The van der Waals surface area contributed by atoms with Gasteiger partial charge in [-0.05, 0) is 61.0 Å². The molecule has 0 atom stereocenters. The predicted molar refractivity (Wildman–Crippen MR) is 100 cm³/mol. The van der Waals surface area contributed by atoms with E-state index in [1.807, 2.05) is 80.5 Å². The molecule has 0 saturated carbocycles. The van der Waals surface area contributed by atoms with Crippen molar-refractivity contribution in [3.05, 3.63) is 71.3 Å². The van der Waals surface area contributed by atoms with Crippen molar-refractivity contribution in [3.8, 4) is 5.75 Å². The van der Waals surface area contributed by atoms with Crippen LogP contribution >= 0.6 is 0 Å². The third-order valence-electron chi connectivity index (χ3n) is 3.91. The van der Waals surface area contributed by atoms with E-state index in [0.717, 1.165) is 22.6 Å². The Bertz CT molecular complexity index is 815. The number of ether oxygens (including phenoxy) is 2. The van der Waals surface area contributed by atoms with Gasteiger partial charge in [-0.1, -0.05) is 12.1 Å². The van der Waals surface area contributed by atoms with E-state index in [0.29, 0.717) is 17.9 Å². The summed E-state index contributed by atoms with van der Waals surface area (Å²) in [7, 11) is 3.99. The van der Waals surface area contributed by atoms with Gasteiger partial charge in [0.15, 0.2) is 0 Å². The summed E-state index contributed by atoms with van der Waals surface area (Å²) in [5, 5.41) is 0. The summed E-state index contributed by atoms with van der Waals surface area (Å²) in [6.07, 6.45) is 3.61. The number of hydrogen-bond acceptors (Lipinski definition) is 4. The highest BCUT2D eigenvalue weighted by Gasteiger charge is 2.21. The molecule has 1 heterocycles. The van der Waals surface area contributed by atoms with Crippen LogP contribution in [0.25, 0.3) is 11.8 Å². The molecular formula is C21H21NO3. The number of cyclic esters (lactones) is 1. The fourth-order valence-electron chi connectivity index (χ4n) is 2.56. The molecule has 0 spiro atoms. The van der Waals surface area contributed by atoms with Crippen LogP contribution in [0.1, 0.15) is 18.1 Å². The number of nitrogens with zero attached hydrogens (tertiary/aromatic N) is 1. The van der Waals surface area contributed by atoms with Crippen molar-refractivity contribution in [2.45, 2.75) is 6.92 Å². The Kier molecular flexibility index (Phi) is 4.89. The minimum atomic E-state index is -0.333. The standard InChI is InChI=1S/C21H21NO3/c1-4-24-19-11-7-16(8-12-19)20-14-17(21(23)25-20)13-15-5-9-18(10-6-15)22(2)3/h5-14H,4H2,1-3H3. The summed E-state index contributed by atoms with van der Waals surface area (Å²) < 4.78 is 10.8. The molecule has 0 N–H and O–H groups in total. The van der Waals surface area contributed by atoms with Crippen LogP contribution in [0.3, 0.4) is 0 Å². The molecule has 25 heavy (non-hydrogen) atoms. The van der Waals surface area contributed by atoms with Gasteiger partial charge >= 0.3 is 5.97 Å². The van der Waals surface area contributed by atoms with Crippen molar-refractivity contribution >= 4 is 23.5 Å².